The molecular weight excluding hydrogens is 263 g/mol. The number of nitrogens with zero attached hydrogens (tertiary/aromatic N) is 1. The van der Waals surface area contributed by atoms with Crippen molar-refractivity contribution < 1.29 is 4.39 Å². The molecule has 0 aromatic heterocycles. The summed E-state index contributed by atoms with van der Waals surface area (Å²) in [7, 11) is 0. The molecular formula is C18H27FN2. The Morgan fingerprint density at radius 1 is 1.38 bits per heavy atom. The van der Waals surface area contributed by atoms with Crippen LogP contribution in [0.1, 0.15) is 45.2 Å². The molecule has 1 aliphatic heterocycles. The molecule has 0 aliphatic carbocycles. The van der Waals surface area contributed by atoms with Gasteiger partial charge in [-0.1, -0.05) is 23.8 Å². The normalized spacial score (nSPS) is 18.5. The monoisotopic (exact) mass is 290 g/mol. The number of hydrogen-bond donors (Lipinski definition) is 1. The average Bonchev–Trinajstić information content (AvgIpc) is 2.46. The SMILES string of the molecule is CC(C)=CCN1CCC(NC(C)c2cccc(F)c2)CC1. The molecule has 116 valence electrons. The van der Waals surface area contributed by atoms with Crippen LogP contribution in [0.2, 0.25) is 0 Å². The molecule has 1 fully saturated rings. The second-order valence-electron chi connectivity index (χ2n) is 6.30. The van der Waals surface area contributed by atoms with E-state index in [4.69, 9.17) is 0 Å². The summed E-state index contributed by atoms with van der Waals surface area (Å²) in [6, 6.07) is 7.64. The van der Waals surface area contributed by atoms with Gasteiger partial charge in [0.1, 0.15) is 5.82 Å². The van der Waals surface area contributed by atoms with E-state index in [-0.39, 0.29) is 11.9 Å². The number of piperidine rings is 1. The van der Waals surface area contributed by atoms with E-state index in [1.807, 2.05) is 6.07 Å². The molecule has 1 unspecified atom stereocenters. The van der Waals surface area contributed by atoms with Crippen LogP contribution in [0.25, 0.3) is 0 Å². The van der Waals surface area contributed by atoms with Crippen LogP contribution in [0.4, 0.5) is 4.39 Å². The smallest absolute Gasteiger partial charge is 0.123 e. The Labute approximate surface area is 128 Å². The summed E-state index contributed by atoms with van der Waals surface area (Å²) in [5.41, 5.74) is 2.41. The van der Waals surface area contributed by atoms with E-state index < -0.39 is 0 Å². The lowest BCUT2D eigenvalue weighted by Gasteiger charge is -2.33. The zero-order chi connectivity index (χ0) is 15.2. The lowest BCUT2D eigenvalue weighted by Crippen LogP contribution is -2.43. The molecule has 1 atom stereocenters. The van der Waals surface area contributed by atoms with E-state index in [0.717, 1.165) is 38.0 Å². The Hall–Kier alpha value is -1.19. The van der Waals surface area contributed by atoms with Gasteiger partial charge < -0.3 is 5.32 Å². The van der Waals surface area contributed by atoms with Crippen LogP contribution in [0.15, 0.2) is 35.9 Å². The predicted molar refractivity (Wildman–Crippen MR) is 86.8 cm³/mol. The number of nitrogens with one attached hydrogen (secondary N) is 1. The van der Waals surface area contributed by atoms with Gasteiger partial charge in [-0.3, -0.25) is 4.90 Å². The summed E-state index contributed by atoms with van der Waals surface area (Å²) in [5.74, 6) is -0.155. The van der Waals surface area contributed by atoms with Gasteiger partial charge in [0.05, 0.1) is 0 Å². The third-order valence-corrected chi connectivity index (χ3v) is 4.18. The molecule has 0 amide bonds. The minimum absolute atomic E-state index is 0.155. The van der Waals surface area contributed by atoms with Crippen molar-refractivity contribution in [3.63, 3.8) is 0 Å². The molecule has 1 aromatic rings. The molecule has 2 rings (SSSR count). The molecule has 3 heteroatoms. The van der Waals surface area contributed by atoms with Crippen molar-refractivity contribution in [1.29, 1.82) is 0 Å². The summed E-state index contributed by atoms with van der Waals surface area (Å²) in [6.07, 6.45) is 4.62. The fourth-order valence-electron chi connectivity index (χ4n) is 2.82. The summed E-state index contributed by atoms with van der Waals surface area (Å²) in [6.45, 7) is 9.75. The van der Waals surface area contributed by atoms with Crippen LogP contribution < -0.4 is 5.32 Å². The molecule has 1 aliphatic rings. The first kappa shape index (κ1) is 16.2. The minimum atomic E-state index is -0.155. The van der Waals surface area contributed by atoms with Gasteiger partial charge in [0.2, 0.25) is 0 Å². The van der Waals surface area contributed by atoms with E-state index in [2.05, 4.69) is 37.1 Å². The number of benzene rings is 1. The van der Waals surface area contributed by atoms with E-state index >= 15 is 0 Å². The molecule has 1 N–H and O–H groups in total. The highest BCUT2D eigenvalue weighted by Gasteiger charge is 2.20. The summed E-state index contributed by atoms with van der Waals surface area (Å²) in [5, 5.41) is 3.64. The van der Waals surface area contributed by atoms with Gasteiger partial charge >= 0.3 is 0 Å². The van der Waals surface area contributed by atoms with Crippen molar-refractivity contribution >= 4 is 0 Å². The zero-order valence-corrected chi connectivity index (χ0v) is 13.4. The van der Waals surface area contributed by atoms with Gasteiger partial charge in [-0.05, 0) is 64.4 Å². The maximum Gasteiger partial charge on any atom is 0.123 e. The van der Waals surface area contributed by atoms with Crippen molar-refractivity contribution in [2.24, 2.45) is 0 Å². The van der Waals surface area contributed by atoms with Gasteiger partial charge in [0, 0.05) is 18.6 Å². The van der Waals surface area contributed by atoms with Gasteiger partial charge in [-0.2, -0.15) is 0 Å². The van der Waals surface area contributed by atoms with Crippen LogP contribution >= 0.6 is 0 Å². The Kier molecular flexibility index (Phi) is 5.95. The Bertz CT molecular complexity index is 472. The molecule has 0 spiro atoms. The molecule has 1 saturated heterocycles. The van der Waals surface area contributed by atoms with Crippen molar-refractivity contribution in [2.75, 3.05) is 19.6 Å². The second-order valence-corrected chi connectivity index (χ2v) is 6.30. The third kappa shape index (κ3) is 5.25. The second kappa shape index (κ2) is 7.71. The standard InChI is InChI=1S/C18H27FN2/c1-14(2)7-10-21-11-8-18(9-12-21)20-15(3)16-5-4-6-17(19)13-16/h4-7,13,15,18,20H,8-12H2,1-3H3. The summed E-state index contributed by atoms with van der Waals surface area (Å²) < 4.78 is 13.3. The quantitative estimate of drug-likeness (QED) is 0.827. The van der Waals surface area contributed by atoms with Crippen molar-refractivity contribution in [3.8, 4) is 0 Å². The van der Waals surface area contributed by atoms with Gasteiger partial charge in [-0.15, -0.1) is 0 Å². The van der Waals surface area contributed by atoms with E-state index in [1.54, 1.807) is 12.1 Å². The van der Waals surface area contributed by atoms with E-state index in [0.29, 0.717) is 6.04 Å². The first-order valence-corrected chi connectivity index (χ1v) is 7.92. The highest BCUT2D eigenvalue weighted by atomic mass is 19.1. The molecule has 2 nitrogen and oxygen atoms in total. The van der Waals surface area contributed by atoms with Crippen molar-refractivity contribution in [1.82, 2.24) is 10.2 Å². The largest absolute Gasteiger partial charge is 0.307 e. The maximum atomic E-state index is 13.3. The van der Waals surface area contributed by atoms with E-state index in [9.17, 15) is 4.39 Å². The van der Waals surface area contributed by atoms with Crippen molar-refractivity contribution in [2.45, 2.75) is 45.7 Å². The summed E-state index contributed by atoms with van der Waals surface area (Å²) >= 11 is 0. The van der Waals surface area contributed by atoms with Crippen LogP contribution in [0.5, 0.6) is 0 Å². The maximum absolute atomic E-state index is 13.3. The Balaban J connectivity index is 1.79. The number of likely N-dealkylation sites (tertiary alicyclic amines) is 1. The van der Waals surface area contributed by atoms with Crippen LogP contribution in [0.3, 0.4) is 0 Å². The number of rotatable bonds is 5. The molecule has 1 heterocycles. The lowest BCUT2D eigenvalue weighted by molar-refractivity contribution is 0.208. The Morgan fingerprint density at radius 2 is 2.10 bits per heavy atom. The minimum Gasteiger partial charge on any atom is -0.307 e. The number of hydrogen-bond acceptors (Lipinski definition) is 2. The van der Waals surface area contributed by atoms with Crippen LogP contribution in [-0.2, 0) is 0 Å². The fraction of sp³-hybridized carbons (Fsp3) is 0.556. The van der Waals surface area contributed by atoms with Crippen molar-refractivity contribution in [3.05, 3.63) is 47.3 Å². The molecule has 0 saturated carbocycles. The van der Waals surface area contributed by atoms with Crippen LogP contribution in [-0.4, -0.2) is 30.6 Å². The molecule has 0 bridgehead atoms. The van der Waals surface area contributed by atoms with Crippen LogP contribution in [0, 0.1) is 5.82 Å². The Morgan fingerprint density at radius 3 is 2.71 bits per heavy atom. The number of halogens is 1. The first-order chi connectivity index (χ1) is 10.0. The topological polar surface area (TPSA) is 15.3 Å². The molecule has 0 radical (unpaired) electrons. The third-order valence-electron chi connectivity index (χ3n) is 4.18. The lowest BCUT2D eigenvalue weighted by atomic mass is 10.0. The first-order valence-electron chi connectivity index (χ1n) is 7.92. The molecule has 21 heavy (non-hydrogen) atoms. The zero-order valence-electron chi connectivity index (χ0n) is 13.4. The molecule has 1 aromatic carbocycles. The highest BCUT2D eigenvalue weighted by Crippen LogP contribution is 2.18. The van der Waals surface area contributed by atoms with Gasteiger partial charge in [0.25, 0.3) is 0 Å². The summed E-state index contributed by atoms with van der Waals surface area (Å²) in [4.78, 5) is 2.50. The van der Waals surface area contributed by atoms with E-state index in [1.165, 1.54) is 11.6 Å². The van der Waals surface area contributed by atoms with Gasteiger partial charge in [-0.25, -0.2) is 4.39 Å². The highest BCUT2D eigenvalue weighted by molar-refractivity contribution is 5.19. The fourth-order valence-corrected chi connectivity index (χ4v) is 2.82. The average molecular weight is 290 g/mol. The van der Waals surface area contributed by atoms with Gasteiger partial charge in [0.15, 0.2) is 0 Å². The predicted octanol–water partition coefficient (Wildman–Crippen LogP) is 3.91. The number of allylic oxidation sites excluding steroid dienone is 1.